The van der Waals surface area contributed by atoms with Crippen LogP contribution < -0.4 is 0 Å². The van der Waals surface area contributed by atoms with E-state index >= 15 is 0 Å². The Morgan fingerprint density at radius 2 is 1.05 bits per heavy atom. The van der Waals surface area contributed by atoms with Crippen molar-refractivity contribution in [3.8, 4) is 0 Å². The fourth-order valence-electron chi connectivity index (χ4n) is 3.70. The van der Waals surface area contributed by atoms with Crippen LogP contribution in [0.15, 0.2) is 0 Å². The molecule has 0 aromatic heterocycles. The zero-order valence-corrected chi connectivity index (χ0v) is 14.6. The molecule has 0 bridgehead atoms. The Morgan fingerprint density at radius 1 is 0.550 bits per heavy atom. The van der Waals surface area contributed by atoms with Gasteiger partial charge in [0.05, 0.1) is 0 Å². The van der Waals surface area contributed by atoms with Gasteiger partial charge in [-0.05, 0) is 37.5 Å². The number of aliphatic hydroxyl groups is 1. The molecule has 0 saturated heterocycles. The highest BCUT2D eigenvalue weighted by atomic mass is 16.2. The van der Waals surface area contributed by atoms with Gasteiger partial charge >= 0.3 is 0 Å². The van der Waals surface area contributed by atoms with Crippen LogP contribution in [0.2, 0.25) is 0 Å². The highest BCUT2D eigenvalue weighted by Gasteiger charge is 2.26. The lowest BCUT2D eigenvalue weighted by atomic mass is 9.71. The fraction of sp³-hybridized carbons (Fsp3) is 1.00. The molecule has 0 fully saturated rings. The van der Waals surface area contributed by atoms with Gasteiger partial charge in [-0.15, -0.1) is 0 Å². The first-order chi connectivity index (χ1) is 9.74. The van der Waals surface area contributed by atoms with Crippen molar-refractivity contribution in [2.24, 2.45) is 5.41 Å². The van der Waals surface area contributed by atoms with Crippen LogP contribution in [0, 0.1) is 5.41 Å². The summed E-state index contributed by atoms with van der Waals surface area (Å²) in [5.74, 6) is 0. The van der Waals surface area contributed by atoms with E-state index < -0.39 is 0 Å². The third-order valence-electron chi connectivity index (χ3n) is 4.74. The first-order valence-electron chi connectivity index (χ1n) is 9.35. The van der Waals surface area contributed by atoms with Crippen molar-refractivity contribution in [2.75, 3.05) is 6.61 Å². The van der Waals surface area contributed by atoms with Crippen molar-refractivity contribution >= 4 is 0 Å². The van der Waals surface area contributed by atoms with Gasteiger partial charge in [0.25, 0.3) is 0 Å². The summed E-state index contributed by atoms with van der Waals surface area (Å²) in [6.07, 6.45) is 18.8. The van der Waals surface area contributed by atoms with Gasteiger partial charge in [0.2, 0.25) is 0 Å². The van der Waals surface area contributed by atoms with Crippen molar-refractivity contribution < 1.29 is 5.11 Å². The van der Waals surface area contributed by atoms with E-state index in [2.05, 4.69) is 20.8 Å². The molecule has 20 heavy (non-hydrogen) atoms. The maximum Gasteiger partial charge on any atom is 0.0431 e. The first-order valence-corrected chi connectivity index (χ1v) is 9.35. The molecule has 0 radical (unpaired) electrons. The quantitative estimate of drug-likeness (QED) is 0.341. The van der Waals surface area contributed by atoms with Crippen LogP contribution in [0.25, 0.3) is 0 Å². The zero-order valence-electron chi connectivity index (χ0n) is 14.6. The second kappa shape index (κ2) is 13.9. The Balaban J connectivity index is 4.12. The molecule has 0 aromatic rings. The largest absolute Gasteiger partial charge is 0.396 e. The van der Waals surface area contributed by atoms with Crippen molar-refractivity contribution in [3.05, 3.63) is 0 Å². The van der Waals surface area contributed by atoms with E-state index in [-0.39, 0.29) is 0 Å². The third kappa shape index (κ3) is 9.80. The molecule has 122 valence electrons. The third-order valence-corrected chi connectivity index (χ3v) is 4.74. The van der Waals surface area contributed by atoms with Crippen LogP contribution in [0.3, 0.4) is 0 Å². The molecule has 0 aliphatic rings. The molecule has 1 N–H and O–H groups in total. The normalized spacial score (nSPS) is 12.0. The Hall–Kier alpha value is -0.0400. The van der Waals surface area contributed by atoms with Crippen LogP contribution in [0.4, 0.5) is 0 Å². The molecule has 0 aliphatic carbocycles. The number of hydrogen-bond acceptors (Lipinski definition) is 1. The first kappa shape index (κ1) is 20.0. The second-order valence-corrected chi connectivity index (χ2v) is 6.70. The number of aliphatic hydroxyl groups excluding tert-OH is 1. The standard InChI is InChI=1S/C19H40O/c1-4-7-8-9-10-11-16-19(14-5-2,15-6-3)17-12-13-18-20/h20H,4-18H2,1-3H3. The van der Waals surface area contributed by atoms with Gasteiger partial charge in [-0.3, -0.25) is 0 Å². The minimum Gasteiger partial charge on any atom is -0.396 e. The molecular weight excluding hydrogens is 244 g/mol. The maximum atomic E-state index is 9.02. The summed E-state index contributed by atoms with van der Waals surface area (Å²) in [6.45, 7) is 7.31. The highest BCUT2D eigenvalue weighted by Crippen LogP contribution is 2.40. The summed E-state index contributed by atoms with van der Waals surface area (Å²) in [6, 6.07) is 0. The second-order valence-electron chi connectivity index (χ2n) is 6.70. The molecule has 0 unspecified atom stereocenters. The van der Waals surface area contributed by atoms with Crippen LogP contribution >= 0.6 is 0 Å². The molecule has 0 aromatic carbocycles. The van der Waals surface area contributed by atoms with E-state index in [0.717, 1.165) is 6.42 Å². The van der Waals surface area contributed by atoms with Gasteiger partial charge in [-0.2, -0.15) is 0 Å². The maximum absolute atomic E-state index is 9.02. The fourth-order valence-corrected chi connectivity index (χ4v) is 3.70. The Labute approximate surface area is 128 Å². The molecular formula is C19H40O. The average molecular weight is 285 g/mol. The zero-order chi connectivity index (χ0) is 15.1. The summed E-state index contributed by atoms with van der Waals surface area (Å²) in [5, 5.41) is 9.02. The van der Waals surface area contributed by atoms with E-state index in [1.54, 1.807) is 0 Å². The van der Waals surface area contributed by atoms with E-state index in [1.807, 2.05) is 0 Å². The van der Waals surface area contributed by atoms with Crippen LogP contribution in [-0.4, -0.2) is 11.7 Å². The van der Waals surface area contributed by atoms with Gasteiger partial charge in [0.1, 0.15) is 0 Å². The van der Waals surface area contributed by atoms with Gasteiger partial charge in [0.15, 0.2) is 0 Å². The predicted octanol–water partition coefficient (Wildman–Crippen LogP) is 6.49. The number of rotatable bonds is 15. The summed E-state index contributed by atoms with van der Waals surface area (Å²) in [7, 11) is 0. The van der Waals surface area contributed by atoms with Crippen LogP contribution in [0.1, 0.15) is 111 Å². The molecule has 0 amide bonds. The average Bonchev–Trinajstić information content (AvgIpc) is 2.44. The molecule has 1 nitrogen and oxygen atoms in total. The summed E-state index contributed by atoms with van der Waals surface area (Å²) >= 11 is 0. The minimum absolute atomic E-state index is 0.366. The smallest absolute Gasteiger partial charge is 0.0431 e. The topological polar surface area (TPSA) is 20.2 Å². The predicted molar refractivity (Wildman–Crippen MR) is 91.2 cm³/mol. The van der Waals surface area contributed by atoms with Crippen molar-refractivity contribution in [3.63, 3.8) is 0 Å². The van der Waals surface area contributed by atoms with Gasteiger partial charge in [0, 0.05) is 6.61 Å². The SMILES string of the molecule is CCCCCCCCC(CCC)(CCC)CCCCO. The van der Waals surface area contributed by atoms with Gasteiger partial charge in [-0.1, -0.05) is 78.6 Å². The molecule has 0 spiro atoms. The van der Waals surface area contributed by atoms with Crippen molar-refractivity contribution in [1.82, 2.24) is 0 Å². The summed E-state index contributed by atoms with van der Waals surface area (Å²) in [4.78, 5) is 0. The summed E-state index contributed by atoms with van der Waals surface area (Å²) in [5.41, 5.74) is 0.587. The monoisotopic (exact) mass is 284 g/mol. The molecule has 0 atom stereocenters. The molecule has 0 rings (SSSR count). The molecule has 0 saturated carbocycles. The Morgan fingerprint density at radius 3 is 1.55 bits per heavy atom. The number of hydrogen-bond donors (Lipinski definition) is 1. The van der Waals surface area contributed by atoms with Crippen molar-refractivity contribution in [2.45, 2.75) is 111 Å². The van der Waals surface area contributed by atoms with Crippen LogP contribution in [0.5, 0.6) is 0 Å². The van der Waals surface area contributed by atoms with E-state index in [9.17, 15) is 0 Å². The van der Waals surface area contributed by atoms with Gasteiger partial charge < -0.3 is 5.11 Å². The molecule has 0 heterocycles. The van der Waals surface area contributed by atoms with E-state index in [1.165, 1.54) is 83.5 Å². The highest BCUT2D eigenvalue weighted by molar-refractivity contribution is 4.79. The van der Waals surface area contributed by atoms with Gasteiger partial charge in [-0.25, -0.2) is 0 Å². The minimum atomic E-state index is 0.366. The summed E-state index contributed by atoms with van der Waals surface area (Å²) < 4.78 is 0. The number of unbranched alkanes of at least 4 members (excludes halogenated alkanes) is 6. The Bertz CT molecular complexity index is 182. The Kier molecular flexibility index (Phi) is 13.9. The van der Waals surface area contributed by atoms with E-state index in [0.29, 0.717) is 12.0 Å². The lowest BCUT2D eigenvalue weighted by Crippen LogP contribution is -2.21. The molecule has 0 aliphatic heterocycles. The van der Waals surface area contributed by atoms with Crippen molar-refractivity contribution in [1.29, 1.82) is 0 Å². The van der Waals surface area contributed by atoms with Crippen LogP contribution in [-0.2, 0) is 0 Å². The lowest BCUT2D eigenvalue weighted by Gasteiger charge is -2.34. The lowest BCUT2D eigenvalue weighted by molar-refractivity contribution is 0.174. The molecule has 1 heteroatoms. The van der Waals surface area contributed by atoms with E-state index in [4.69, 9.17) is 5.11 Å².